The van der Waals surface area contributed by atoms with Crippen molar-refractivity contribution in [1.29, 1.82) is 0 Å². The first-order valence-corrected chi connectivity index (χ1v) is 8.28. The first-order chi connectivity index (χ1) is 9.76. The van der Waals surface area contributed by atoms with Gasteiger partial charge in [-0.15, -0.1) is 0 Å². The number of nitrogens with two attached hydrogens (primary N) is 1. The molecule has 2 rings (SSSR count). The molecule has 0 fully saturated rings. The van der Waals surface area contributed by atoms with Crippen molar-refractivity contribution in [2.24, 2.45) is 0 Å². The van der Waals surface area contributed by atoms with Gasteiger partial charge in [0.25, 0.3) is 0 Å². The minimum absolute atomic E-state index is 0.0670. The van der Waals surface area contributed by atoms with Gasteiger partial charge in [-0.2, -0.15) is 9.97 Å². The second kappa shape index (κ2) is 6.11. The molecule has 0 aliphatic rings. The van der Waals surface area contributed by atoms with Crippen LogP contribution in [0.25, 0.3) is 11.2 Å². The molecule has 0 saturated carbocycles. The van der Waals surface area contributed by atoms with Crippen molar-refractivity contribution < 1.29 is 14.4 Å². The zero-order valence-electron chi connectivity index (χ0n) is 11.3. The summed E-state index contributed by atoms with van der Waals surface area (Å²) < 4.78 is 12.5. The topological polar surface area (TPSA) is 127 Å². The van der Waals surface area contributed by atoms with Crippen molar-refractivity contribution in [2.45, 2.75) is 19.9 Å². The van der Waals surface area contributed by atoms with E-state index in [1.54, 1.807) is 17.0 Å². The van der Waals surface area contributed by atoms with Gasteiger partial charge >= 0.3 is 7.60 Å². The third-order valence-electron chi connectivity index (χ3n) is 2.77. The Labute approximate surface area is 125 Å². The lowest BCUT2D eigenvalue weighted by Crippen LogP contribution is -2.02. The molecule has 0 bridgehead atoms. The van der Waals surface area contributed by atoms with Crippen LogP contribution in [0.5, 0.6) is 0 Å². The minimum Gasteiger partial charge on any atom is -0.368 e. The van der Waals surface area contributed by atoms with E-state index in [0.717, 1.165) is 5.57 Å². The van der Waals surface area contributed by atoms with Crippen LogP contribution in [0.2, 0.25) is 5.15 Å². The Kier molecular flexibility index (Phi) is 4.63. The molecule has 2 aromatic rings. The molecule has 2 aromatic heterocycles. The fraction of sp³-hybridized carbons (Fsp3) is 0.364. The summed E-state index contributed by atoms with van der Waals surface area (Å²) in [6.45, 7) is 2.34. The molecule has 21 heavy (non-hydrogen) atoms. The lowest BCUT2D eigenvalue weighted by atomic mass is 10.2. The van der Waals surface area contributed by atoms with Gasteiger partial charge in [0.1, 0.15) is 5.52 Å². The molecule has 0 spiro atoms. The number of halogens is 1. The van der Waals surface area contributed by atoms with Crippen LogP contribution in [0.15, 0.2) is 18.0 Å². The summed E-state index contributed by atoms with van der Waals surface area (Å²) in [4.78, 5) is 29.7. The quantitative estimate of drug-likeness (QED) is 0.431. The van der Waals surface area contributed by atoms with Crippen LogP contribution in [0, 0.1) is 0 Å². The predicted molar refractivity (Wildman–Crippen MR) is 80.0 cm³/mol. The molecule has 8 nitrogen and oxygen atoms in total. The third kappa shape index (κ3) is 4.25. The number of anilines is 1. The van der Waals surface area contributed by atoms with Crippen LogP contribution < -0.4 is 5.73 Å². The maximum Gasteiger partial charge on any atom is 0.325 e. The fourth-order valence-electron chi connectivity index (χ4n) is 1.85. The molecular weight excluding hydrogens is 317 g/mol. The van der Waals surface area contributed by atoms with Gasteiger partial charge in [-0.1, -0.05) is 23.3 Å². The number of hydrogen-bond acceptors (Lipinski definition) is 5. The Bertz CT molecular complexity index is 739. The Hall–Kier alpha value is -1.47. The lowest BCUT2D eigenvalue weighted by molar-refractivity contribution is 0.373. The van der Waals surface area contributed by atoms with Crippen molar-refractivity contribution in [3.63, 3.8) is 0 Å². The van der Waals surface area contributed by atoms with Gasteiger partial charge in [0, 0.05) is 6.54 Å². The predicted octanol–water partition coefficient (Wildman–Crippen LogP) is 1.58. The van der Waals surface area contributed by atoms with Crippen LogP contribution in [0.4, 0.5) is 5.95 Å². The third-order valence-corrected chi connectivity index (χ3v) is 3.88. The van der Waals surface area contributed by atoms with E-state index in [4.69, 9.17) is 27.1 Å². The van der Waals surface area contributed by atoms with Crippen molar-refractivity contribution >= 4 is 36.3 Å². The molecule has 0 saturated heterocycles. The van der Waals surface area contributed by atoms with Gasteiger partial charge in [0.2, 0.25) is 5.95 Å². The Balaban J connectivity index is 2.16. The highest BCUT2D eigenvalue weighted by atomic mass is 35.5. The number of nitrogens with zero attached hydrogens (tertiary/aromatic N) is 4. The highest BCUT2D eigenvalue weighted by Crippen LogP contribution is 2.35. The Morgan fingerprint density at radius 3 is 2.90 bits per heavy atom. The van der Waals surface area contributed by atoms with E-state index in [-0.39, 0.29) is 17.3 Å². The van der Waals surface area contributed by atoms with Crippen molar-refractivity contribution in [3.05, 3.63) is 23.1 Å². The van der Waals surface area contributed by atoms with E-state index < -0.39 is 7.60 Å². The number of allylic oxidation sites excluding steroid dienone is 2. The number of fused-ring (bicyclic) bond motifs is 1. The Morgan fingerprint density at radius 1 is 1.52 bits per heavy atom. The standard InChI is InChI=1S/C11H15ClN5O3P/c1-7(3-2-4-21(18,19)20)5-17-6-14-8-9(12)15-11(13)16-10(8)17/h3,6H,2,4-5H2,1H3,(H2,13,15,16)(H2,18,19,20)/b7-3+. The molecule has 114 valence electrons. The maximum absolute atomic E-state index is 10.8. The SMILES string of the molecule is C/C(=C\CCP(=O)(O)O)Cn1cnc2c(Cl)nc(N)nc21. The average Bonchev–Trinajstić information content (AvgIpc) is 2.71. The van der Waals surface area contributed by atoms with Gasteiger partial charge in [-0.05, 0) is 13.3 Å². The molecule has 2 heterocycles. The van der Waals surface area contributed by atoms with Crippen LogP contribution in [-0.2, 0) is 11.1 Å². The van der Waals surface area contributed by atoms with Gasteiger partial charge < -0.3 is 20.1 Å². The van der Waals surface area contributed by atoms with Crippen molar-refractivity contribution in [1.82, 2.24) is 19.5 Å². The zero-order chi connectivity index (χ0) is 15.6. The maximum atomic E-state index is 10.8. The van der Waals surface area contributed by atoms with Crippen molar-refractivity contribution in [2.75, 3.05) is 11.9 Å². The zero-order valence-corrected chi connectivity index (χ0v) is 12.9. The number of rotatable bonds is 5. The molecule has 0 aliphatic heterocycles. The summed E-state index contributed by atoms with van der Waals surface area (Å²) in [6.07, 6.45) is 3.48. The largest absolute Gasteiger partial charge is 0.368 e. The van der Waals surface area contributed by atoms with Crippen LogP contribution >= 0.6 is 19.2 Å². The van der Waals surface area contributed by atoms with Crippen LogP contribution in [0.3, 0.4) is 0 Å². The van der Waals surface area contributed by atoms with E-state index in [1.807, 2.05) is 6.92 Å². The molecule has 4 N–H and O–H groups in total. The second-order valence-electron chi connectivity index (χ2n) is 4.64. The normalized spacial score (nSPS) is 13.0. The Morgan fingerprint density at radius 2 is 2.24 bits per heavy atom. The number of hydrogen-bond donors (Lipinski definition) is 3. The highest BCUT2D eigenvalue weighted by molar-refractivity contribution is 7.51. The van der Waals surface area contributed by atoms with Gasteiger partial charge in [0.05, 0.1) is 12.5 Å². The number of nitrogen functional groups attached to an aromatic ring is 1. The van der Waals surface area contributed by atoms with Gasteiger partial charge in [-0.3, -0.25) is 4.57 Å². The summed E-state index contributed by atoms with van der Waals surface area (Å²) in [7, 11) is -3.96. The number of aromatic nitrogens is 4. The summed E-state index contributed by atoms with van der Waals surface area (Å²) in [5.74, 6) is 0.0670. The fourth-order valence-corrected chi connectivity index (χ4v) is 2.54. The van der Waals surface area contributed by atoms with E-state index in [1.165, 1.54) is 0 Å². The molecule has 0 aliphatic carbocycles. The van der Waals surface area contributed by atoms with Crippen LogP contribution in [0.1, 0.15) is 13.3 Å². The monoisotopic (exact) mass is 331 g/mol. The molecule has 0 unspecified atom stereocenters. The molecular formula is C11H15ClN5O3P. The minimum atomic E-state index is -3.96. The molecule has 10 heteroatoms. The molecule has 0 radical (unpaired) electrons. The summed E-state index contributed by atoms with van der Waals surface area (Å²) in [5, 5.41) is 0.194. The smallest absolute Gasteiger partial charge is 0.325 e. The number of imidazole rings is 1. The molecule has 0 amide bonds. The van der Waals surface area contributed by atoms with Gasteiger partial charge in [-0.25, -0.2) is 4.98 Å². The first kappa shape index (κ1) is 15.9. The lowest BCUT2D eigenvalue weighted by Gasteiger charge is -2.05. The first-order valence-electron chi connectivity index (χ1n) is 6.10. The summed E-state index contributed by atoms with van der Waals surface area (Å²) in [5.41, 5.74) is 7.48. The van der Waals surface area contributed by atoms with E-state index >= 15 is 0 Å². The summed E-state index contributed by atoms with van der Waals surface area (Å²) >= 11 is 5.94. The van der Waals surface area contributed by atoms with Crippen molar-refractivity contribution in [3.8, 4) is 0 Å². The van der Waals surface area contributed by atoms with E-state index in [2.05, 4.69) is 15.0 Å². The van der Waals surface area contributed by atoms with Crippen LogP contribution in [-0.4, -0.2) is 35.5 Å². The highest BCUT2D eigenvalue weighted by Gasteiger charge is 2.12. The van der Waals surface area contributed by atoms with E-state index in [0.29, 0.717) is 24.1 Å². The molecule has 0 aromatic carbocycles. The van der Waals surface area contributed by atoms with E-state index in [9.17, 15) is 4.57 Å². The second-order valence-corrected chi connectivity index (χ2v) is 6.78. The molecule has 0 atom stereocenters. The summed E-state index contributed by atoms with van der Waals surface area (Å²) in [6, 6.07) is 0. The average molecular weight is 332 g/mol. The van der Waals surface area contributed by atoms with Gasteiger partial charge in [0.15, 0.2) is 10.8 Å².